The lowest BCUT2D eigenvalue weighted by Crippen LogP contribution is -2.34. The van der Waals surface area contributed by atoms with Gasteiger partial charge in [0, 0.05) is 31.9 Å². The molecule has 1 aliphatic rings. The zero-order valence-electron chi connectivity index (χ0n) is 11.4. The highest BCUT2D eigenvalue weighted by molar-refractivity contribution is 5.73. The fourth-order valence-electron chi connectivity index (χ4n) is 2.58. The van der Waals surface area contributed by atoms with Crippen molar-refractivity contribution in [3.05, 3.63) is 24.0 Å². The van der Waals surface area contributed by atoms with Crippen LogP contribution in [-0.4, -0.2) is 35.9 Å². The van der Waals surface area contributed by atoms with Gasteiger partial charge >= 0.3 is 0 Å². The lowest BCUT2D eigenvalue weighted by atomic mass is 9.93. The average Bonchev–Trinajstić information content (AvgIpc) is 2.41. The second-order valence-corrected chi connectivity index (χ2v) is 5.18. The molecule has 0 aromatic carbocycles. The molecule has 19 heavy (non-hydrogen) atoms. The van der Waals surface area contributed by atoms with Crippen LogP contribution in [0.4, 0.5) is 5.69 Å². The molecular weight excluding hydrogens is 240 g/mol. The fraction of sp³-hybridized carbons (Fsp3) is 0.571. The summed E-state index contributed by atoms with van der Waals surface area (Å²) < 4.78 is 0. The molecule has 2 rings (SSSR count). The Morgan fingerprint density at radius 3 is 2.89 bits per heavy atom. The Morgan fingerprint density at radius 2 is 2.26 bits per heavy atom. The lowest BCUT2D eigenvalue weighted by molar-refractivity contribution is -0.119. The summed E-state index contributed by atoms with van der Waals surface area (Å²) in [6, 6.07) is 4.04. The first-order valence-corrected chi connectivity index (χ1v) is 6.80. The van der Waals surface area contributed by atoms with Gasteiger partial charge in [-0.3, -0.25) is 14.7 Å². The number of carbonyl (C=O) groups is 1. The molecule has 0 aliphatic carbocycles. The fourth-order valence-corrected chi connectivity index (χ4v) is 2.58. The molecule has 3 N–H and O–H groups in total. The molecular formula is C14H22N4O. The van der Waals surface area contributed by atoms with Crippen LogP contribution in [0.3, 0.4) is 0 Å². The van der Waals surface area contributed by atoms with Crippen LogP contribution >= 0.6 is 0 Å². The van der Waals surface area contributed by atoms with Gasteiger partial charge in [-0.1, -0.05) is 0 Å². The summed E-state index contributed by atoms with van der Waals surface area (Å²) in [5.74, 6) is 0.284. The number of piperidine rings is 1. The molecule has 0 spiro atoms. The van der Waals surface area contributed by atoms with Gasteiger partial charge in [0.2, 0.25) is 5.91 Å². The molecule has 0 bridgehead atoms. The summed E-state index contributed by atoms with van der Waals surface area (Å²) in [5, 5.41) is 3.12. The van der Waals surface area contributed by atoms with E-state index in [1.54, 1.807) is 0 Å². The predicted octanol–water partition coefficient (Wildman–Crippen LogP) is 1.21. The third-order valence-electron chi connectivity index (χ3n) is 3.69. The van der Waals surface area contributed by atoms with Crippen molar-refractivity contribution in [1.82, 2.24) is 9.88 Å². The third kappa shape index (κ3) is 4.21. The number of pyridine rings is 1. The largest absolute Gasteiger partial charge is 0.388 e. The summed E-state index contributed by atoms with van der Waals surface area (Å²) in [6.45, 7) is 2.91. The molecule has 1 aromatic rings. The van der Waals surface area contributed by atoms with Gasteiger partial charge in [-0.25, -0.2) is 0 Å². The smallest absolute Gasteiger partial charge is 0.217 e. The Bertz CT molecular complexity index is 427. The molecule has 5 heteroatoms. The summed E-state index contributed by atoms with van der Waals surface area (Å²) >= 11 is 0. The summed E-state index contributed by atoms with van der Waals surface area (Å²) in [6.07, 6.45) is 4.46. The monoisotopic (exact) mass is 262 g/mol. The Balaban J connectivity index is 1.83. The van der Waals surface area contributed by atoms with Crippen LogP contribution in [0, 0.1) is 5.92 Å². The second kappa shape index (κ2) is 6.52. The van der Waals surface area contributed by atoms with E-state index in [4.69, 9.17) is 5.73 Å². The molecule has 104 valence electrons. The molecule has 0 radical (unpaired) electrons. The number of amides is 1. The first kappa shape index (κ1) is 13.8. The van der Waals surface area contributed by atoms with Crippen molar-refractivity contribution in [2.75, 3.05) is 25.5 Å². The van der Waals surface area contributed by atoms with Crippen LogP contribution in [0.5, 0.6) is 0 Å². The Hall–Kier alpha value is -1.62. The third-order valence-corrected chi connectivity index (χ3v) is 3.69. The number of nitrogens with one attached hydrogen (secondary N) is 1. The van der Waals surface area contributed by atoms with Crippen LogP contribution in [0.2, 0.25) is 0 Å². The number of hydrogen-bond donors (Lipinski definition) is 2. The number of nitrogens with two attached hydrogens (primary N) is 1. The number of anilines is 1. The zero-order valence-corrected chi connectivity index (χ0v) is 11.4. The van der Waals surface area contributed by atoms with Gasteiger partial charge in [0.1, 0.15) is 0 Å². The number of likely N-dealkylation sites (tertiary alicyclic amines) is 1. The van der Waals surface area contributed by atoms with E-state index in [-0.39, 0.29) is 5.91 Å². The van der Waals surface area contributed by atoms with Gasteiger partial charge in [0.15, 0.2) is 0 Å². The minimum Gasteiger partial charge on any atom is -0.388 e. The standard InChI is InChI=1S/C14H22N4O/c1-16-12-2-5-17-13(9-12)10-18-6-3-11(4-7-18)8-14(15)19/h2,5,9,11H,3-4,6-8,10H2,1H3,(H2,15,19)(H,16,17). The highest BCUT2D eigenvalue weighted by Gasteiger charge is 2.20. The number of hydrogen-bond acceptors (Lipinski definition) is 4. The van der Waals surface area contributed by atoms with Crippen molar-refractivity contribution in [3.8, 4) is 0 Å². The van der Waals surface area contributed by atoms with Crippen molar-refractivity contribution in [2.24, 2.45) is 11.7 Å². The minimum absolute atomic E-state index is 0.179. The number of primary amides is 1. The molecule has 0 atom stereocenters. The summed E-state index contributed by atoms with van der Waals surface area (Å²) in [7, 11) is 1.91. The predicted molar refractivity (Wildman–Crippen MR) is 75.6 cm³/mol. The van der Waals surface area contributed by atoms with Gasteiger partial charge in [-0.15, -0.1) is 0 Å². The summed E-state index contributed by atoms with van der Waals surface area (Å²) in [5.41, 5.74) is 7.42. The van der Waals surface area contributed by atoms with Crippen molar-refractivity contribution >= 4 is 11.6 Å². The molecule has 1 saturated heterocycles. The normalized spacial score (nSPS) is 17.3. The van der Waals surface area contributed by atoms with Crippen molar-refractivity contribution in [3.63, 3.8) is 0 Å². The molecule has 1 amide bonds. The topological polar surface area (TPSA) is 71.2 Å². The van der Waals surface area contributed by atoms with Gasteiger partial charge < -0.3 is 11.1 Å². The number of nitrogens with zero attached hydrogens (tertiary/aromatic N) is 2. The highest BCUT2D eigenvalue weighted by Crippen LogP contribution is 2.21. The van der Waals surface area contributed by atoms with Gasteiger partial charge in [-0.05, 0) is 44.0 Å². The number of rotatable bonds is 5. The van der Waals surface area contributed by atoms with Gasteiger partial charge in [0.05, 0.1) is 5.69 Å². The highest BCUT2D eigenvalue weighted by atomic mass is 16.1. The molecule has 5 nitrogen and oxygen atoms in total. The SMILES string of the molecule is CNc1ccnc(CN2CCC(CC(N)=O)CC2)c1. The maximum Gasteiger partial charge on any atom is 0.217 e. The van der Waals surface area contributed by atoms with Crippen LogP contribution in [-0.2, 0) is 11.3 Å². The quantitative estimate of drug-likeness (QED) is 0.836. The van der Waals surface area contributed by atoms with Gasteiger partial charge in [-0.2, -0.15) is 0 Å². The van der Waals surface area contributed by atoms with Crippen LogP contribution in [0.1, 0.15) is 25.0 Å². The first-order valence-electron chi connectivity index (χ1n) is 6.80. The maximum atomic E-state index is 10.9. The van der Waals surface area contributed by atoms with Crippen LogP contribution in [0.15, 0.2) is 18.3 Å². The maximum absolute atomic E-state index is 10.9. The number of aromatic nitrogens is 1. The van der Waals surface area contributed by atoms with Crippen molar-refractivity contribution in [1.29, 1.82) is 0 Å². The Kier molecular flexibility index (Phi) is 4.74. The molecule has 1 fully saturated rings. The average molecular weight is 262 g/mol. The molecule has 2 heterocycles. The second-order valence-electron chi connectivity index (χ2n) is 5.18. The molecule has 0 unspecified atom stereocenters. The first-order chi connectivity index (χ1) is 9.17. The van der Waals surface area contributed by atoms with E-state index < -0.39 is 0 Å². The van der Waals surface area contributed by atoms with Gasteiger partial charge in [0.25, 0.3) is 0 Å². The van der Waals surface area contributed by atoms with E-state index in [0.29, 0.717) is 12.3 Å². The Labute approximate surface area is 114 Å². The van der Waals surface area contributed by atoms with E-state index in [0.717, 1.165) is 43.9 Å². The molecule has 0 saturated carbocycles. The van der Waals surface area contributed by atoms with Crippen molar-refractivity contribution in [2.45, 2.75) is 25.8 Å². The van der Waals surface area contributed by atoms with E-state index in [1.807, 2.05) is 19.3 Å². The number of carbonyl (C=O) groups excluding carboxylic acids is 1. The van der Waals surface area contributed by atoms with E-state index in [1.165, 1.54) is 0 Å². The summed E-state index contributed by atoms with van der Waals surface area (Å²) in [4.78, 5) is 17.7. The van der Waals surface area contributed by atoms with E-state index in [2.05, 4.69) is 21.3 Å². The zero-order chi connectivity index (χ0) is 13.7. The molecule has 1 aliphatic heterocycles. The Morgan fingerprint density at radius 1 is 1.53 bits per heavy atom. The van der Waals surface area contributed by atoms with Crippen LogP contribution < -0.4 is 11.1 Å². The molecule has 1 aromatic heterocycles. The van der Waals surface area contributed by atoms with E-state index in [9.17, 15) is 4.79 Å². The van der Waals surface area contributed by atoms with Crippen LogP contribution in [0.25, 0.3) is 0 Å². The van der Waals surface area contributed by atoms with E-state index >= 15 is 0 Å². The van der Waals surface area contributed by atoms with Crippen molar-refractivity contribution < 1.29 is 4.79 Å². The minimum atomic E-state index is -0.179. The lowest BCUT2D eigenvalue weighted by Gasteiger charge is -2.31.